The Hall–Kier alpha value is -3.94. The first kappa shape index (κ1) is 22.5. The number of hydrogen-bond acceptors (Lipinski definition) is 0. The Morgan fingerprint density at radius 3 is 1.36 bits per heavy atom. The third-order valence-electron chi connectivity index (χ3n) is 7.23. The fourth-order valence-electron chi connectivity index (χ4n) is 5.33. The topological polar surface area (TPSA) is 0 Å². The predicted octanol–water partition coefficient (Wildman–Crippen LogP) is 9.54. The smallest absolute Gasteiger partial charge is 0.0656 e. The normalized spacial score (nSPS) is 11.8. The summed E-state index contributed by atoms with van der Waals surface area (Å²) in [6.07, 6.45) is 0. The van der Waals surface area contributed by atoms with Gasteiger partial charge in [0.1, 0.15) is 0 Å². The van der Waals surface area contributed by atoms with E-state index in [1.165, 1.54) is 60.1 Å². The van der Waals surface area contributed by atoms with E-state index < -0.39 is 8.07 Å². The zero-order valence-corrected chi connectivity index (χ0v) is 22.1. The molecule has 6 aromatic rings. The van der Waals surface area contributed by atoms with Gasteiger partial charge in [0.05, 0.1) is 8.07 Å². The Bertz CT molecular complexity index is 1670. The van der Waals surface area contributed by atoms with Crippen LogP contribution in [0.4, 0.5) is 0 Å². The van der Waals surface area contributed by atoms with E-state index in [1.54, 1.807) is 0 Å². The van der Waals surface area contributed by atoms with Crippen LogP contribution in [0.25, 0.3) is 54.9 Å². The molecule has 6 aromatic carbocycles. The van der Waals surface area contributed by atoms with Crippen LogP contribution in [-0.4, -0.2) is 8.07 Å². The second-order valence-electron chi connectivity index (χ2n) is 10.6. The van der Waals surface area contributed by atoms with Crippen LogP contribution in [0.5, 0.6) is 0 Å². The third kappa shape index (κ3) is 3.96. The van der Waals surface area contributed by atoms with Crippen molar-refractivity contribution in [1.29, 1.82) is 0 Å². The SMILES string of the molecule is C[Si](C)(C)c1ccc2c(-c3ccc(-c4ccccc4)cc3)c3ccccc3c(-c3ccccc3)c2c1. The zero-order chi connectivity index (χ0) is 24.7. The monoisotopic (exact) mass is 478 g/mol. The fourth-order valence-corrected chi connectivity index (χ4v) is 6.49. The van der Waals surface area contributed by atoms with Crippen LogP contribution in [0.1, 0.15) is 0 Å². The van der Waals surface area contributed by atoms with Crippen LogP contribution in [0.2, 0.25) is 19.6 Å². The van der Waals surface area contributed by atoms with Crippen molar-refractivity contribution in [2.75, 3.05) is 0 Å². The van der Waals surface area contributed by atoms with Crippen LogP contribution in [-0.2, 0) is 0 Å². The highest BCUT2D eigenvalue weighted by Crippen LogP contribution is 2.43. The van der Waals surface area contributed by atoms with Gasteiger partial charge in [0.25, 0.3) is 0 Å². The van der Waals surface area contributed by atoms with Crippen molar-refractivity contribution < 1.29 is 0 Å². The molecular formula is C35H30Si. The maximum atomic E-state index is 2.48. The molecule has 0 aliphatic heterocycles. The van der Waals surface area contributed by atoms with Crippen molar-refractivity contribution in [2.45, 2.75) is 19.6 Å². The predicted molar refractivity (Wildman–Crippen MR) is 161 cm³/mol. The summed E-state index contributed by atoms with van der Waals surface area (Å²) in [5.74, 6) is 0. The van der Waals surface area contributed by atoms with Crippen molar-refractivity contribution in [3.05, 3.63) is 127 Å². The number of benzene rings is 6. The number of rotatable bonds is 4. The van der Waals surface area contributed by atoms with Crippen molar-refractivity contribution in [3.63, 3.8) is 0 Å². The molecule has 1 heteroatoms. The lowest BCUT2D eigenvalue weighted by molar-refractivity contribution is 1.61. The first-order valence-electron chi connectivity index (χ1n) is 12.7. The van der Waals surface area contributed by atoms with E-state index in [4.69, 9.17) is 0 Å². The largest absolute Gasteiger partial charge is 0.0776 e. The lowest BCUT2D eigenvalue weighted by atomic mass is 9.85. The molecule has 0 heterocycles. The Morgan fingerprint density at radius 1 is 0.361 bits per heavy atom. The summed E-state index contributed by atoms with van der Waals surface area (Å²) < 4.78 is 0. The summed E-state index contributed by atoms with van der Waals surface area (Å²) in [6, 6.07) is 46.8. The second-order valence-corrected chi connectivity index (χ2v) is 15.7. The number of hydrogen-bond donors (Lipinski definition) is 0. The molecule has 0 saturated heterocycles. The quantitative estimate of drug-likeness (QED) is 0.175. The number of fused-ring (bicyclic) bond motifs is 2. The highest BCUT2D eigenvalue weighted by Gasteiger charge is 2.21. The van der Waals surface area contributed by atoms with Gasteiger partial charge in [0.2, 0.25) is 0 Å². The second kappa shape index (κ2) is 8.93. The van der Waals surface area contributed by atoms with Crippen LogP contribution in [0.15, 0.2) is 127 Å². The molecule has 0 amide bonds. The molecule has 0 aromatic heterocycles. The van der Waals surface area contributed by atoms with Crippen LogP contribution in [0.3, 0.4) is 0 Å². The van der Waals surface area contributed by atoms with Gasteiger partial charge in [-0.25, -0.2) is 0 Å². The average Bonchev–Trinajstić information content (AvgIpc) is 2.92. The third-order valence-corrected chi connectivity index (χ3v) is 9.28. The van der Waals surface area contributed by atoms with Crippen molar-refractivity contribution in [2.24, 2.45) is 0 Å². The van der Waals surface area contributed by atoms with Gasteiger partial charge >= 0.3 is 0 Å². The van der Waals surface area contributed by atoms with Gasteiger partial charge in [-0.1, -0.05) is 152 Å². The summed E-state index contributed by atoms with van der Waals surface area (Å²) in [4.78, 5) is 0. The van der Waals surface area contributed by atoms with Gasteiger partial charge in [0.15, 0.2) is 0 Å². The average molecular weight is 479 g/mol. The van der Waals surface area contributed by atoms with E-state index in [2.05, 4.69) is 147 Å². The fraction of sp³-hybridized carbons (Fsp3) is 0.0857. The molecule has 0 atom stereocenters. The van der Waals surface area contributed by atoms with Gasteiger partial charge in [-0.15, -0.1) is 0 Å². The molecular weight excluding hydrogens is 448 g/mol. The molecule has 0 aliphatic rings. The molecule has 0 spiro atoms. The molecule has 6 rings (SSSR count). The summed E-state index contributed by atoms with van der Waals surface area (Å²) in [5, 5.41) is 6.78. The lowest BCUT2D eigenvalue weighted by Gasteiger charge is -2.22. The summed E-state index contributed by atoms with van der Waals surface area (Å²) >= 11 is 0. The molecule has 0 nitrogen and oxygen atoms in total. The molecule has 0 aliphatic carbocycles. The summed E-state index contributed by atoms with van der Waals surface area (Å²) in [7, 11) is -1.48. The minimum Gasteiger partial charge on any atom is -0.0656 e. The van der Waals surface area contributed by atoms with Crippen molar-refractivity contribution in [3.8, 4) is 33.4 Å². The van der Waals surface area contributed by atoms with E-state index >= 15 is 0 Å². The molecule has 0 radical (unpaired) electrons. The highest BCUT2D eigenvalue weighted by molar-refractivity contribution is 6.88. The Morgan fingerprint density at radius 2 is 0.778 bits per heavy atom. The minimum atomic E-state index is -1.48. The summed E-state index contributed by atoms with van der Waals surface area (Å²) in [6.45, 7) is 7.29. The standard InChI is InChI=1S/C35H30Si/c1-36(2,3)29-22-23-32-33(24-29)35(27-14-8-5-9-15-27)31-17-11-10-16-30(31)34(32)28-20-18-26(19-21-28)25-12-6-4-7-13-25/h4-24H,1-3H3. The maximum Gasteiger partial charge on any atom is 0.0776 e. The molecule has 0 bridgehead atoms. The molecule has 36 heavy (non-hydrogen) atoms. The molecule has 0 saturated carbocycles. The van der Waals surface area contributed by atoms with E-state index in [0.29, 0.717) is 0 Å². The van der Waals surface area contributed by atoms with Crippen molar-refractivity contribution in [1.82, 2.24) is 0 Å². The molecule has 0 unspecified atom stereocenters. The first-order chi connectivity index (χ1) is 17.5. The van der Waals surface area contributed by atoms with Crippen LogP contribution >= 0.6 is 0 Å². The maximum absolute atomic E-state index is 2.48. The summed E-state index contributed by atoms with van der Waals surface area (Å²) in [5.41, 5.74) is 7.69. The van der Waals surface area contributed by atoms with E-state index in [0.717, 1.165) is 0 Å². The van der Waals surface area contributed by atoms with E-state index in [9.17, 15) is 0 Å². The Kier molecular flexibility index (Phi) is 5.58. The van der Waals surface area contributed by atoms with Gasteiger partial charge in [-0.2, -0.15) is 0 Å². The molecule has 174 valence electrons. The van der Waals surface area contributed by atoms with E-state index in [1.807, 2.05) is 0 Å². The minimum absolute atomic E-state index is 1.25. The van der Waals surface area contributed by atoms with Crippen LogP contribution in [0, 0.1) is 0 Å². The zero-order valence-electron chi connectivity index (χ0n) is 21.1. The van der Waals surface area contributed by atoms with Gasteiger partial charge in [-0.05, 0) is 54.9 Å². The molecule has 0 fully saturated rings. The highest BCUT2D eigenvalue weighted by atomic mass is 28.3. The van der Waals surface area contributed by atoms with Crippen LogP contribution < -0.4 is 5.19 Å². The lowest BCUT2D eigenvalue weighted by Crippen LogP contribution is -2.37. The first-order valence-corrected chi connectivity index (χ1v) is 16.2. The van der Waals surface area contributed by atoms with E-state index in [-0.39, 0.29) is 0 Å². The van der Waals surface area contributed by atoms with Gasteiger partial charge in [0, 0.05) is 0 Å². The molecule has 0 N–H and O–H groups in total. The van der Waals surface area contributed by atoms with Gasteiger partial charge < -0.3 is 0 Å². The van der Waals surface area contributed by atoms with Crippen molar-refractivity contribution >= 4 is 34.8 Å². The van der Waals surface area contributed by atoms with Gasteiger partial charge in [-0.3, -0.25) is 0 Å². The Labute approximate surface area is 214 Å². The Balaban J connectivity index is 1.68.